The molecule has 0 N–H and O–H groups in total. The molecule has 2 heteroatoms. The molecule has 0 saturated heterocycles. The van der Waals surface area contributed by atoms with Gasteiger partial charge in [-0.2, -0.15) is 9.12 Å². The fraction of sp³-hybridized carbons (Fsp3) is 1.00. The molecule has 1 radical (unpaired) electrons. The van der Waals surface area contributed by atoms with Gasteiger partial charge in [0.1, 0.15) is 7.00 Å². The van der Waals surface area contributed by atoms with Crippen LogP contribution in [0, 0.1) is 0 Å². The van der Waals surface area contributed by atoms with Crippen molar-refractivity contribution in [1.29, 1.82) is 0 Å². The van der Waals surface area contributed by atoms with Gasteiger partial charge in [0.25, 0.3) is 0 Å². The molecule has 0 aromatic rings. The van der Waals surface area contributed by atoms with Crippen molar-refractivity contribution in [3.63, 3.8) is 0 Å². The van der Waals surface area contributed by atoms with Crippen molar-refractivity contribution in [1.82, 2.24) is 0 Å². The molecule has 0 heterocycles. The molecule has 1 atom stereocenters. The molecule has 5 heavy (non-hydrogen) atoms. The average Bonchev–Trinajstić information content (AvgIpc) is 1.41. The summed E-state index contributed by atoms with van der Waals surface area (Å²) in [5.41, 5.74) is 0. The molecule has 0 bridgehead atoms. The molecular weight excluding hydrogens is 77.8 g/mol. The van der Waals surface area contributed by atoms with Crippen molar-refractivity contribution >= 4 is 16.1 Å². The maximum Gasteiger partial charge on any atom is 0.138 e. The van der Waals surface area contributed by atoms with Gasteiger partial charge in [-0.1, -0.05) is 19.7 Å². The van der Waals surface area contributed by atoms with E-state index in [1.165, 1.54) is 12.7 Å². The van der Waals surface area contributed by atoms with Crippen molar-refractivity contribution in [3.05, 3.63) is 0 Å². The lowest BCUT2D eigenvalue weighted by atomic mass is 10.0. The van der Waals surface area contributed by atoms with Crippen molar-refractivity contribution in [2.75, 3.05) is 0 Å². The fourth-order valence-corrected chi connectivity index (χ4v) is 0.500. The Morgan fingerprint density at radius 3 is 2.40 bits per heavy atom. The van der Waals surface area contributed by atoms with Crippen molar-refractivity contribution in [3.8, 4) is 0 Å². The van der Waals surface area contributed by atoms with Gasteiger partial charge >= 0.3 is 0 Å². The second kappa shape index (κ2) is 4.49. The molecule has 0 spiro atoms. The average molecular weight is 86.9 g/mol. The Morgan fingerprint density at radius 1 is 1.80 bits per heavy atom. The molecule has 0 aromatic heterocycles. The van der Waals surface area contributed by atoms with Crippen molar-refractivity contribution in [2.24, 2.45) is 0 Å². The monoisotopic (exact) mass is 87.1 g/mol. The lowest BCUT2D eigenvalue weighted by molar-refractivity contribution is 1.08. The lowest BCUT2D eigenvalue weighted by Crippen LogP contribution is -1.68. The summed E-state index contributed by atoms with van der Waals surface area (Å²) in [6.07, 6.45) is 2.49. The van der Waals surface area contributed by atoms with Crippen LogP contribution in [-0.2, 0) is 0 Å². The van der Waals surface area contributed by atoms with Gasteiger partial charge in [-0.25, -0.2) is 0 Å². The molecule has 0 saturated carbocycles. The summed E-state index contributed by atoms with van der Waals surface area (Å²) in [4.78, 5) is 0. The third kappa shape index (κ3) is 4.49. The third-order valence-corrected chi connectivity index (χ3v) is 0.789. The smallest absolute Gasteiger partial charge is 0.138 e. The molecule has 0 fully saturated rings. The topological polar surface area (TPSA) is 0 Å². The van der Waals surface area contributed by atoms with E-state index in [4.69, 9.17) is 0 Å². The van der Waals surface area contributed by atoms with Crippen LogP contribution in [0.25, 0.3) is 0 Å². The predicted molar refractivity (Wildman–Crippen MR) is 30.6 cm³/mol. The minimum atomic E-state index is 1.23. The third-order valence-electron chi connectivity index (χ3n) is 0.455. The minimum absolute atomic E-state index is 1.23. The molecular formula is C3H9BP. The highest BCUT2D eigenvalue weighted by molar-refractivity contribution is 7.55. The maximum atomic E-state index is 2.57. The van der Waals surface area contributed by atoms with Crippen LogP contribution in [0.2, 0.25) is 6.32 Å². The zero-order chi connectivity index (χ0) is 4.12. The molecule has 0 aliphatic carbocycles. The van der Waals surface area contributed by atoms with E-state index in [1.54, 1.807) is 0 Å². The van der Waals surface area contributed by atoms with E-state index in [0.29, 0.717) is 0 Å². The first kappa shape index (κ1) is 5.49. The number of hydrogen-bond acceptors (Lipinski definition) is 0. The van der Waals surface area contributed by atoms with Gasteiger partial charge in [0, 0.05) is 0 Å². The molecule has 0 amide bonds. The summed E-state index contributed by atoms with van der Waals surface area (Å²) in [5.74, 6) is 0. The van der Waals surface area contributed by atoms with Crippen LogP contribution < -0.4 is 0 Å². The van der Waals surface area contributed by atoms with Crippen molar-refractivity contribution in [2.45, 2.75) is 19.7 Å². The first-order valence-electron chi connectivity index (χ1n) is 1.95. The fourth-order valence-electron chi connectivity index (χ4n) is 0.167. The van der Waals surface area contributed by atoms with Gasteiger partial charge in [-0.05, 0) is 0 Å². The summed E-state index contributed by atoms with van der Waals surface area (Å²) in [6, 6.07) is 0. The molecule has 1 unspecified atom stereocenters. The summed E-state index contributed by atoms with van der Waals surface area (Å²) >= 11 is 0. The molecule has 0 nitrogen and oxygen atoms in total. The highest BCUT2D eigenvalue weighted by Crippen LogP contribution is 1.88. The zero-order valence-corrected chi connectivity index (χ0v) is 4.72. The molecule has 0 aliphatic heterocycles. The van der Waals surface area contributed by atoms with Crippen LogP contribution in [0.1, 0.15) is 13.3 Å². The highest BCUT2D eigenvalue weighted by Gasteiger charge is 1.71. The van der Waals surface area contributed by atoms with Gasteiger partial charge in [0.2, 0.25) is 0 Å². The van der Waals surface area contributed by atoms with E-state index in [0.717, 1.165) is 0 Å². The second-order valence-corrected chi connectivity index (χ2v) is 1.50. The summed E-state index contributed by atoms with van der Waals surface area (Å²) in [7, 11) is 2.57. The Bertz CT molecular complexity index is 14.4. The quantitative estimate of drug-likeness (QED) is 0.351. The van der Waals surface area contributed by atoms with Gasteiger partial charge in [0.15, 0.2) is 0 Å². The second-order valence-electron chi connectivity index (χ2n) is 1.02. The van der Waals surface area contributed by atoms with Gasteiger partial charge < -0.3 is 0 Å². The molecule has 29 valence electrons. The van der Waals surface area contributed by atoms with Crippen LogP contribution in [0.15, 0.2) is 0 Å². The van der Waals surface area contributed by atoms with E-state index in [-0.39, 0.29) is 0 Å². The number of rotatable bonds is 2. The predicted octanol–water partition coefficient (Wildman–Crippen LogP) is 1.31. The largest absolute Gasteiger partial charge is 0.178 e. The Kier molecular flexibility index (Phi) is 4.94. The minimum Gasteiger partial charge on any atom is -0.178 e. The first-order chi connectivity index (χ1) is 2.41. The maximum absolute atomic E-state index is 2.57. The van der Waals surface area contributed by atoms with E-state index in [2.05, 4.69) is 23.0 Å². The van der Waals surface area contributed by atoms with Crippen LogP contribution >= 0.6 is 9.12 Å². The first-order valence-corrected chi connectivity index (χ1v) is 2.62. The molecule has 0 aromatic carbocycles. The van der Waals surface area contributed by atoms with Gasteiger partial charge in [-0.15, -0.1) is 0 Å². The molecule has 0 aliphatic rings. The van der Waals surface area contributed by atoms with E-state index < -0.39 is 0 Å². The van der Waals surface area contributed by atoms with Crippen LogP contribution in [0.4, 0.5) is 0 Å². The number of hydrogen-bond donors (Lipinski definition) is 0. The Labute approximate surface area is 36.7 Å². The van der Waals surface area contributed by atoms with E-state index in [1.807, 2.05) is 0 Å². The summed E-state index contributed by atoms with van der Waals surface area (Å²) < 4.78 is 0. The lowest BCUT2D eigenvalue weighted by Gasteiger charge is -1.76. The van der Waals surface area contributed by atoms with Gasteiger partial charge in [-0.3, -0.25) is 0 Å². The standard InChI is InChI=1S/C3H9BP/c1-2-3-4-5/h2-3,5H2,1H3. The summed E-state index contributed by atoms with van der Waals surface area (Å²) in [5, 5.41) is 0. The zero-order valence-electron chi connectivity index (χ0n) is 3.57. The van der Waals surface area contributed by atoms with E-state index in [9.17, 15) is 0 Å². The summed E-state index contributed by atoms with van der Waals surface area (Å²) in [6.45, 7) is 4.26. The van der Waals surface area contributed by atoms with Crippen molar-refractivity contribution < 1.29 is 0 Å². The van der Waals surface area contributed by atoms with Crippen LogP contribution in [0.5, 0.6) is 0 Å². The Hall–Kier alpha value is 0.495. The van der Waals surface area contributed by atoms with Crippen LogP contribution in [-0.4, -0.2) is 7.00 Å². The Morgan fingerprint density at radius 2 is 2.40 bits per heavy atom. The normalized spacial score (nSPS) is 7.60. The SMILES string of the molecule is CCC[B]P. The molecule has 0 rings (SSSR count). The van der Waals surface area contributed by atoms with Crippen LogP contribution in [0.3, 0.4) is 0 Å². The Balaban J connectivity index is 2.19. The van der Waals surface area contributed by atoms with Gasteiger partial charge in [0.05, 0.1) is 0 Å². The highest BCUT2D eigenvalue weighted by atomic mass is 31.0. The van der Waals surface area contributed by atoms with E-state index >= 15 is 0 Å².